The van der Waals surface area contributed by atoms with Gasteiger partial charge in [0.2, 0.25) is 5.95 Å². The van der Waals surface area contributed by atoms with E-state index in [1.165, 1.54) is 18.3 Å². The molecule has 3 aromatic rings. The Kier molecular flexibility index (Phi) is 4.07. The summed E-state index contributed by atoms with van der Waals surface area (Å²) in [4.78, 5) is 7.88. The molecule has 0 radical (unpaired) electrons. The van der Waals surface area contributed by atoms with Crippen LogP contribution in [0.15, 0.2) is 54.7 Å². The predicted molar refractivity (Wildman–Crippen MR) is 92.9 cm³/mol. The van der Waals surface area contributed by atoms with E-state index in [1.54, 1.807) is 36.4 Å². The molecule has 2 aromatic carbocycles. The van der Waals surface area contributed by atoms with Crippen LogP contribution >= 0.6 is 0 Å². The monoisotopic (exact) mass is 322 g/mol. The Morgan fingerprint density at radius 2 is 1.92 bits per heavy atom. The first-order valence-corrected chi connectivity index (χ1v) is 7.13. The normalized spacial score (nSPS) is 10.4. The van der Waals surface area contributed by atoms with Crippen molar-refractivity contribution in [1.82, 2.24) is 9.97 Å². The van der Waals surface area contributed by atoms with Crippen LogP contribution in [0.1, 0.15) is 11.1 Å². The highest BCUT2D eigenvalue weighted by atomic mass is 19.1. The molecule has 0 aliphatic heterocycles. The minimum Gasteiger partial charge on any atom is -0.398 e. The van der Waals surface area contributed by atoms with Crippen LogP contribution < -0.4 is 16.8 Å². The molecule has 7 heteroatoms. The number of rotatable bonds is 4. The summed E-state index contributed by atoms with van der Waals surface area (Å²) in [6, 6.07) is 12.7. The van der Waals surface area contributed by atoms with Crippen molar-refractivity contribution in [1.29, 1.82) is 5.41 Å². The molecule has 1 aromatic heterocycles. The second kappa shape index (κ2) is 6.33. The van der Waals surface area contributed by atoms with E-state index in [4.69, 9.17) is 16.9 Å². The molecule has 0 saturated carbocycles. The molecule has 6 N–H and O–H groups in total. The number of nitrogens with two attached hydrogens (primary N) is 2. The van der Waals surface area contributed by atoms with E-state index in [1.807, 2.05) is 0 Å². The first-order chi connectivity index (χ1) is 11.5. The number of benzene rings is 2. The highest BCUT2D eigenvalue weighted by Crippen LogP contribution is 2.23. The van der Waals surface area contributed by atoms with Gasteiger partial charge in [0.1, 0.15) is 11.6 Å². The van der Waals surface area contributed by atoms with Crippen LogP contribution in [-0.4, -0.2) is 15.7 Å². The van der Waals surface area contributed by atoms with Gasteiger partial charge in [-0.3, -0.25) is 5.41 Å². The fraction of sp³-hybridized carbons (Fsp3) is 0. The molecule has 1 heterocycles. The van der Waals surface area contributed by atoms with Crippen LogP contribution in [0.2, 0.25) is 0 Å². The second-order valence-electron chi connectivity index (χ2n) is 5.11. The average molecular weight is 322 g/mol. The number of nitrogens with zero attached hydrogens (tertiary/aromatic N) is 2. The van der Waals surface area contributed by atoms with E-state index in [0.29, 0.717) is 28.3 Å². The van der Waals surface area contributed by atoms with Crippen molar-refractivity contribution in [2.45, 2.75) is 0 Å². The molecule has 6 nitrogen and oxygen atoms in total. The highest BCUT2D eigenvalue weighted by molar-refractivity contribution is 6.14. The van der Waals surface area contributed by atoms with E-state index in [0.717, 1.165) is 0 Å². The van der Waals surface area contributed by atoms with Gasteiger partial charge in [0.25, 0.3) is 0 Å². The van der Waals surface area contributed by atoms with E-state index in [2.05, 4.69) is 15.3 Å². The van der Waals surface area contributed by atoms with Crippen LogP contribution in [0.25, 0.3) is 0 Å². The van der Waals surface area contributed by atoms with Crippen molar-refractivity contribution >= 4 is 28.9 Å². The maximum absolute atomic E-state index is 13.4. The number of aromatic nitrogens is 2. The Bertz CT molecular complexity index is 909. The maximum atomic E-state index is 13.4. The molecule has 0 bridgehead atoms. The van der Waals surface area contributed by atoms with Crippen molar-refractivity contribution in [3.8, 4) is 0 Å². The van der Waals surface area contributed by atoms with Gasteiger partial charge in [-0.1, -0.05) is 12.1 Å². The summed E-state index contributed by atoms with van der Waals surface area (Å²) in [5.41, 5.74) is 13.7. The topological polar surface area (TPSA) is 114 Å². The lowest BCUT2D eigenvalue weighted by atomic mass is 10.00. The summed E-state index contributed by atoms with van der Waals surface area (Å²) in [5, 5.41) is 11.4. The first kappa shape index (κ1) is 15.4. The van der Waals surface area contributed by atoms with Crippen LogP contribution in [0.5, 0.6) is 0 Å². The molecule has 3 rings (SSSR count). The molecule has 0 unspecified atom stereocenters. The molecule has 0 atom stereocenters. The molecule has 24 heavy (non-hydrogen) atoms. The zero-order valence-electron chi connectivity index (χ0n) is 12.6. The molecular weight excluding hydrogens is 307 g/mol. The lowest BCUT2D eigenvalue weighted by Gasteiger charge is -2.12. The molecule has 0 saturated heterocycles. The molecule has 0 aliphatic rings. The van der Waals surface area contributed by atoms with Crippen molar-refractivity contribution in [2.75, 3.05) is 16.8 Å². The minimum absolute atomic E-state index is 0.137. The summed E-state index contributed by atoms with van der Waals surface area (Å²) < 4.78 is 13.4. The SMILES string of the molecule is N=C(c1cccc(F)c1)c1cc(Nc2ccnc(N)n2)ccc1N. The van der Waals surface area contributed by atoms with Crippen molar-refractivity contribution in [2.24, 2.45) is 0 Å². The van der Waals surface area contributed by atoms with Gasteiger partial charge in [0.05, 0.1) is 5.71 Å². The van der Waals surface area contributed by atoms with Gasteiger partial charge in [-0.25, -0.2) is 9.37 Å². The van der Waals surface area contributed by atoms with Gasteiger partial charge in [0.15, 0.2) is 0 Å². The molecule has 120 valence electrons. The minimum atomic E-state index is -0.401. The van der Waals surface area contributed by atoms with Crippen LogP contribution in [0.4, 0.5) is 27.5 Å². The lowest BCUT2D eigenvalue weighted by molar-refractivity contribution is 0.627. The van der Waals surface area contributed by atoms with Gasteiger partial charge in [-0.2, -0.15) is 4.98 Å². The van der Waals surface area contributed by atoms with E-state index < -0.39 is 5.82 Å². The number of hydrogen-bond acceptors (Lipinski definition) is 6. The summed E-state index contributed by atoms with van der Waals surface area (Å²) in [6.07, 6.45) is 1.54. The van der Waals surface area contributed by atoms with Gasteiger partial charge in [0, 0.05) is 28.7 Å². The van der Waals surface area contributed by atoms with Gasteiger partial charge in [-0.05, 0) is 36.4 Å². The van der Waals surface area contributed by atoms with E-state index >= 15 is 0 Å². The summed E-state index contributed by atoms with van der Waals surface area (Å²) in [6.45, 7) is 0. The third-order valence-electron chi connectivity index (χ3n) is 3.38. The standard InChI is InChI=1S/C17H15FN6/c18-11-3-1-2-10(8-11)16(20)13-9-12(4-5-14(13)19)23-15-6-7-22-17(21)24-15/h1-9,20H,19H2,(H3,21,22,23,24). The number of nitrogens with one attached hydrogen (secondary N) is 2. The zero-order valence-corrected chi connectivity index (χ0v) is 12.6. The smallest absolute Gasteiger partial charge is 0.221 e. The third-order valence-corrected chi connectivity index (χ3v) is 3.38. The van der Waals surface area contributed by atoms with Gasteiger partial charge >= 0.3 is 0 Å². The Balaban J connectivity index is 1.93. The molecule has 0 amide bonds. The number of hydrogen-bond donors (Lipinski definition) is 4. The number of anilines is 4. The quantitative estimate of drug-likeness (QED) is 0.435. The summed E-state index contributed by atoms with van der Waals surface area (Å²) in [7, 11) is 0. The molecule has 0 aliphatic carbocycles. The molecule has 0 fully saturated rings. The Labute approximate surface area is 137 Å². The predicted octanol–water partition coefficient (Wildman–Crippen LogP) is 2.94. The van der Waals surface area contributed by atoms with Crippen molar-refractivity contribution in [3.05, 3.63) is 71.7 Å². The van der Waals surface area contributed by atoms with Crippen molar-refractivity contribution in [3.63, 3.8) is 0 Å². The largest absolute Gasteiger partial charge is 0.398 e. The highest BCUT2D eigenvalue weighted by Gasteiger charge is 2.11. The Morgan fingerprint density at radius 3 is 2.67 bits per heavy atom. The summed E-state index contributed by atoms with van der Waals surface area (Å²) in [5.74, 6) is 0.278. The fourth-order valence-electron chi connectivity index (χ4n) is 2.24. The molecule has 0 spiro atoms. The van der Waals surface area contributed by atoms with Crippen LogP contribution in [-0.2, 0) is 0 Å². The third kappa shape index (κ3) is 3.30. The maximum Gasteiger partial charge on any atom is 0.221 e. The molecular formula is C17H15FN6. The first-order valence-electron chi connectivity index (χ1n) is 7.13. The second-order valence-corrected chi connectivity index (χ2v) is 5.11. The van der Waals surface area contributed by atoms with Crippen LogP contribution in [0, 0.1) is 11.2 Å². The number of halogens is 1. The van der Waals surface area contributed by atoms with E-state index in [-0.39, 0.29) is 11.7 Å². The van der Waals surface area contributed by atoms with Crippen molar-refractivity contribution < 1.29 is 4.39 Å². The lowest BCUT2D eigenvalue weighted by Crippen LogP contribution is -2.07. The Hall–Kier alpha value is -3.48. The fourth-order valence-corrected chi connectivity index (χ4v) is 2.24. The van der Waals surface area contributed by atoms with Gasteiger partial charge in [-0.15, -0.1) is 0 Å². The van der Waals surface area contributed by atoms with E-state index in [9.17, 15) is 4.39 Å². The average Bonchev–Trinajstić information content (AvgIpc) is 2.56. The van der Waals surface area contributed by atoms with Crippen LogP contribution in [0.3, 0.4) is 0 Å². The zero-order chi connectivity index (χ0) is 17.1. The van der Waals surface area contributed by atoms with Gasteiger partial charge < -0.3 is 16.8 Å². The summed E-state index contributed by atoms with van der Waals surface area (Å²) >= 11 is 0. The Morgan fingerprint density at radius 1 is 1.08 bits per heavy atom. The number of nitrogen functional groups attached to an aromatic ring is 2.